The smallest absolute Gasteiger partial charge is 0.231 e. The summed E-state index contributed by atoms with van der Waals surface area (Å²) in [6.07, 6.45) is 5.16. The predicted octanol–water partition coefficient (Wildman–Crippen LogP) is 0.840. The van der Waals surface area contributed by atoms with E-state index in [-0.39, 0.29) is 0 Å². The number of hydrogen-bond donors (Lipinski definition) is 3. The second-order valence-corrected chi connectivity index (χ2v) is 5.66. The monoisotopic (exact) mass is 278 g/mol. The lowest BCUT2D eigenvalue weighted by atomic mass is 9.80. The fourth-order valence-electron chi connectivity index (χ4n) is 2.62. The fourth-order valence-corrected chi connectivity index (χ4v) is 2.62. The van der Waals surface area contributed by atoms with Crippen molar-refractivity contribution in [2.75, 3.05) is 42.2 Å². The summed E-state index contributed by atoms with van der Waals surface area (Å²) >= 11 is 0. The number of anilines is 3. The van der Waals surface area contributed by atoms with Crippen LogP contribution in [0.3, 0.4) is 0 Å². The summed E-state index contributed by atoms with van der Waals surface area (Å²) < 4.78 is 0. The Balaban J connectivity index is 1.73. The van der Waals surface area contributed by atoms with Crippen LogP contribution in [0.1, 0.15) is 32.1 Å². The summed E-state index contributed by atoms with van der Waals surface area (Å²) in [4.78, 5) is 15.3. The first-order valence-corrected chi connectivity index (χ1v) is 7.34. The molecular weight excluding hydrogens is 256 g/mol. The first-order valence-electron chi connectivity index (χ1n) is 7.34. The van der Waals surface area contributed by atoms with Crippen LogP contribution in [-0.4, -0.2) is 52.3 Å². The zero-order valence-electron chi connectivity index (χ0n) is 11.9. The van der Waals surface area contributed by atoms with Gasteiger partial charge in [0, 0.05) is 26.7 Å². The summed E-state index contributed by atoms with van der Waals surface area (Å²) in [5.41, 5.74) is -0.583. The number of hydrogen-bond acceptors (Lipinski definition) is 7. The minimum Gasteiger partial charge on any atom is -0.388 e. The van der Waals surface area contributed by atoms with Crippen molar-refractivity contribution in [3.05, 3.63) is 0 Å². The summed E-state index contributed by atoms with van der Waals surface area (Å²) in [5.74, 6) is 1.81. The molecule has 3 N–H and O–H groups in total. The van der Waals surface area contributed by atoms with Crippen LogP contribution in [0.15, 0.2) is 0 Å². The molecule has 110 valence electrons. The molecule has 1 aromatic heterocycles. The molecule has 2 aliphatic rings. The molecule has 1 saturated carbocycles. The van der Waals surface area contributed by atoms with Crippen LogP contribution in [0.2, 0.25) is 0 Å². The van der Waals surface area contributed by atoms with Gasteiger partial charge in [0.25, 0.3) is 0 Å². The number of nitrogens with zero attached hydrogens (tertiary/aromatic N) is 4. The van der Waals surface area contributed by atoms with E-state index in [0.29, 0.717) is 24.4 Å². The third-order valence-corrected chi connectivity index (χ3v) is 4.10. The Morgan fingerprint density at radius 2 is 1.80 bits per heavy atom. The number of aliphatic hydroxyl groups is 1. The van der Waals surface area contributed by atoms with Gasteiger partial charge in [-0.2, -0.15) is 15.0 Å². The number of aromatic nitrogens is 3. The molecule has 3 rings (SSSR count). The van der Waals surface area contributed by atoms with Crippen molar-refractivity contribution in [1.82, 2.24) is 15.0 Å². The second kappa shape index (κ2) is 5.40. The van der Waals surface area contributed by atoms with Gasteiger partial charge in [0.2, 0.25) is 17.8 Å². The lowest BCUT2D eigenvalue weighted by Gasteiger charge is -2.36. The second-order valence-electron chi connectivity index (χ2n) is 5.66. The van der Waals surface area contributed by atoms with E-state index in [1.165, 1.54) is 12.8 Å². The highest BCUT2D eigenvalue weighted by molar-refractivity contribution is 5.44. The van der Waals surface area contributed by atoms with Crippen LogP contribution in [0, 0.1) is 0 Å². The summed E-state index contributed by atoms with van der Waals surface area (Å²) in [5, 5.41) is 16.2. The van der Waals surface area contributed by atoms with Gasteiger partial charge in [-0.1, -0.05) is 0 Å². The summed E-state index contributed by atoms with van der Waals surface area (Å²) in [6.45, 7) is 2.49. The van der Waals surface area contributed by atoms with E-state index < -0.39 is 5.60 Å². The van der Waals surface area contributed by atoms with Crippen LogP contribution in [0.5, 0.6) is 0 Å². The highest BCUT2D eigenvalue weighted by Crippen LogP contribution is 2.31. The minimum absolute atomic E-state index is 0.500. The highest BCUT2D eigenvalue weighted by atomic mass is 16.3. The molecule has 2 fully saturated rings. The third-order valence-electron chi connectivity index (χ3n) is 4.10. The normalized spacial score (nSPS) is 20.6. The molecule has 20 heavy (non-hydrogen) atoms. The maximum atomic E-state index is 10.1. The standard InChI is InChI=1S/C13H22N6O/c1-14-10-16-11(15-9-13(20)5-4-6-13)18-12(17-10)19-7-2-3-8-19/h20H,2-9H2,1H3,(H2,14,15,16,17,18). The Hall–Kier alpha value is -1.63. The van der Waals surface area contributed by atoms with E-state index >= 15 is 0 Å². The molecule has 7 nitrogen and oxygen atoms in total. The molecule has 1 aromatic rings. The Morgan fingerprint density at radius 3 is 2.40 bits per heavy atom. The molecule has 1 aliphatic carbocycles. The largest absolute Gasteiger partial charge is 0.388 e. The van der Waals surface area contributed by atoms with Gasteiger partial charge < -0.3 is 20.6 Å². The van der Waals surface area contributed by atoms with Crippen LogP contribution in [0.4, 0.5) is 17.8 Å². The fraction of sp³-hybridized carbons (Fsp3) is 0.769. The van der Waals surface area contributed by atoms with Gasteiger partial charge in [0.05, 0.1) is 5.60 Å². The lowest BCUT2D eigenvalue weighted by molar-refractivity contribution is -0.0203. The van der Waals surface area contributed by atoms with Gasteiger partial charge >= 0.3 is 0 Å². The van der Waals surface area contributed by atoms with Crippen molar-refractivity contribution in [2.45, 2.75) is 37.7 Å². The number of nitrogens with one attached hydrogen (secondary N) is 2. The molecule has 1 saturated heterocycles. The van der Waals surface area contributed by atoms with Crippen LogP contribution < -0.4 is 15.5 Å². The van der Waals surface area contributed by atoms with Gasteiger partial charge in [-0.05, 0) is 32.1 Å². The highest BCUT2D eigenvalue weighted by Gasteiger charge is 2.34. The van der Waals surface area contributed by atoms with Crippen molar-refractivity contribution in [1.29, 1.82) is 0 Å². The third kappa shape index (κ3) is 2.77. The molecule has 0 unspecified atom stereocenters. The lowest BCUT2D eigenvalue weighted by Crippen LogP contribution is -2.43. The van der Waals surface area contributed by atoms with Crippen LogP contribution in [0.25, 0.3) is 0 Å². The van der Waals surface area contributed by atoms with Crippen molar-refractivity contribution < 1.29 is 5.11 Å². The average molecular weight is 278 g/mol. The molecule has 0 atom stereocenters. The quantitative estimate of drug-likeness (QED) is 0.735. The van der Waals surface area contributed by atoms with Gasteiger partial charge in [-0.15, -0.1) is 0 Å². The molecule has 7 heteroatoms. The first kappa shape index (κ1) is 13.4. The molecule has 0 radical (unpaired) electrons. The van der Waals surface area contributed by atoms with E-state index in [9.17, 15) is 5.11 Å². The van der Waals surface area contributed by atoms with Gasteiger partial charge in [-0.3, -0.25) is 0 Å². The van der Waals surface area contributed by atoms with E-state index in [2.05, 4.69) is 30.5 Å². The van der Waals surface area contributed by atoms with Crippen LogP contribution in [-0.2, 0) is 0 Å². The topological polar surface area (TPSA) is 86.2 Å². The molecule has 1 aliphatic heterocycles. The summed E-state index contributed by atoms with van der Waals surface area (Å²) in [6, 6.07) is 0. The summed E-state index contributed by atoms with van der Waals surface area (Å²) in [7, 11) is 1.80. The predicted molar refractivity (Wildman–Crippen MR) is 78.1 cm³/mol. The van der Waals surface area contributed by atoms with Crippen molar-refractivity contribution in [3.63, 3.8) is 0 Å². The molecule has 0 aromatic carbocycles. The zero-order chi connectivity index (χ0) is 14.0. The van der Waals surface area contributed by atoms with Crippen molar-refractivity contribution in [3.8, 4) is 0 Å². The van der Waals surface area contributed by atoms with E-state index in [4.69, 9.17) is 0 Å². The SMILES string of the molecule is CNc1nc(NCC2(O)CCC2)nc(N2CCCC2)n1. The molecule has 2 heterocycles. The Bertz CT molecular complexity index is 470. The van der Waals surface area contributed by atoms with E-state index in [1.54, 1.807) is 7.05 Å². The van der Waals surface area contributed by atoms with Gasteiger partial charge in [0.15, 0.2) is 0 Å². The van der Waals surface area contributed by atoms with Gasteiger partial charge in [-0.25, -0.2) is 0 Å². The Morgan fingerprint density at radius 1 is 1.10 bits per heavy atom. The molecule has 0 amide bonds. The maximum absolute atomic E-state index is 10.1. The van der Waals surface area contributed by atoms with Crippen molar-refractivity contribution in [2.24, 2.45) is 0 Å². The number of rotatable bonds is 5. The molecular formula is C13H22N6O. The molecule has 0 spiro atoms. The average Bonchev–Trinajstić information content (AvgIpc) is 2.97. The van der Waals surface area contributed by atoms with Gasteiger partial charge in [0.1, 0.15) is 0 Å². The Kier molecular flexibility index (Phi) is 3.60. The maximum Gasteiger partial charge on any atom is 0.231 e. The van der Waals surface area contributed by atoms with E-state index in [0.717, 1.165) is 32.4 Å². The zero-order valence-corrected chi connectivity index (χ0v) is 11.9. The Labute approximate surface area is 118 Å². The first-order chi connectivity index (χ1) is 9.68. The minimum atomic E-state index is -0.583. The van der Waals surface area contributed by atoms with Crippen molar-refractivity contribution >= 4 is 17.8 Å². The van der Waals surface area contributed by atoms with E-state index in [1.807, 2.05) is 0 Å². The van der Waals surface area contributed by atoms with Crippen LogP contribution >= 0.6 is 0 Å². The molecule has 0 bridgehead atoms.